The van der Waals surface area contributed by atoms with Gasteiger partial charge in [0.25, 0.3) is 0 Å². The van der Waals surface area contributed by atoms with Crippen molar-refractivity contribution in [1.82, 2.24) is 0 Å². The Morgan fingerprint density at radius 2 is 1.28 bits per heavy atom. The van der Waals surface area contributed by atoms with Crippen molar-refractivity contribution in [3.63, 3.8) is 0 Å². The third kappa shape index (κ3) is 1.92. The number of rotatable bonds is 0. The first-order valence-corrected chi connectivity index (χ1v) is 10.6. The summed E-state index contributed by atoms with van der Waals surface area (Å²) in [6.45, 7) is 0. The van der Waals surface area contributed by atoms with E-state index in [1.165, 1.54) is 51.1 Å². The summed E-state index contributed by atoms with van der Waals surface area (Å²) in [5.41, 5.74) is 0. The summed E-state index contributed by atoms with van der Waals surface area (Å²) in [6, 6.07) is 24.5. The predicted molar refractivity (Wildman–Crippen MR) is 117 cm³/mol. The number of fused-ring (bicyclic) bond motifs is 9. The Hall–Kier alpha value is -1.94. The Kier molecular flexibility index (Phi) is 2.87. The first-order chi connectivity index (χ1) is 12.3. The van der Waals surface area contributed by atoms with E-state index in [1.54, 1.807) is 0 Å². The molecule has 0 aliphatic heterocycles. The van der Waals surface area contributed by atoms with Crippen LogP contribution in [0.4, 0.5) is 0 Å². The average molecular weight is 419 g/mol. The van der Waals surface area contributed by atoms with Crippen LogP contribution in [0.25, 0.3) is 51.1 Å². The normalized spacial score (nSPS) is 12.2. The van der Waals surface area contributed by atoms with E-state index in [-0.39, 0.29) is 0 Å². The van der Waals surface area contributed by atoms with E-state index in [2.05, 4.69) is 82.7 Å². The topological polar surface area (TPSA) is 0 Å². The van der Waals surface area contributed by atoms with Gasteiger partial charge in [0.05, 0.1) is 0 Å². The highest BCUT2D eigenvalue weighted by Gasteiger charge is 2.13. The maximum absolute atomic E-state index is 3.64. The van der Waals surface area contributed by atoms with Crippen LogP contribution < -0.4 is 0 Å². The van der Waals surface area contributed by atoms with Crippen LogP contribution in [0.5, 0.6) is 0 Å². The molecule has 2 heterocycles. The van der Waals surface area contributed by atoms with Crippen LogP contribution in [0.2, 0.25) is 0 Å². The summed E-state index contributed by atoms with van der Waals surface area (Å²) in [5.74, 6) is 0. The Morgan fingerprint density at radius 3 is 2.24 bits per heavy atom. The minimum Gasteiger partial charge on any atom is -0.135 e. The van der Waals surface area contributed by atoms with E-state index in [0.29, 0.717) is 0 Å². The molecule has 6 rings (SSSR count). The fourth-order valence-electron chi connectivity index (χ4n) is 3.84. The second-order valence-corrected chi connectivity index (χ2v) is 9.37. The van der Waals surface area contributed by atoms with Gasteiger partial charge in [0.15, 0.2) is 0 Å². The van der Waals surface area contributed by atoms with Gasteiger partial charge in [-0.15, -0.1) is 22.7 Å². The highest BCUT2D eigenvalue weighted by Crippen LogP contribution is 2.44. The highest BCUT2D eigenvalue weighted by atomic mass is 79.9. The van der Waals surface area contributed by atoms with E-state index in [1.807, 2.05) is 22.7 Å². The summed E-state index contributed by atoms with van der Waals surface area (Å²) < 4.78 is 6.61. The lowest BCUT2D eigenvalue weighted by Gasteiger charge is -2.03. The molecule has 0 nitrogen and oxygen atoms in total. The molecule has 0 amide bonds. The first kappa shape index (κ1) is 14.3. The van der Waals surface area contributed by atoms with E-state index < -0.39 is 0 Å². The molecule has 6 aromatic rings. The van der Waals surface area contributed by atoms with Crippen molar-refractivity contribution >= 4 is 89.7 Å². The van der Waals surface area contributed by atoms with E-state index in [0.717, 1.165) is 4.47 Å². The standard InChI is InChI=1S/C22H11BrS2/c23-12-5-9-19-17(11-12)21-14-6-7-15-13-3-1-2-4-18(13)25-22(15)16(14)8-10-20(21)24-19/h1-11H. The summed E-state index contributed by atoms with van der Waals surface area (Å²) in [7, 11) is 0. The largest absolute Gasteiger partial charge is 0.135 e. The Balaban J connectivity index is 1.88. The number of hydrogen-bond donors (Lipinski definition) is 0. The number of benzene rings is 4. The van der Waals surface area contributed by atoms with Gasteiger partial charge in [0, 0.05) is 50.2 Å². The third-order valence-electron chi connectivity index (χ3n) is 4.93. The molecule has 0 N–H and O–H groups in total. The van der Waals surface area contributed by atoms with E-state index >= 15 is 0 Å². The monoisotopic (exact) mass is 418 g/mol. The van der Waals surface area contributed by atoms with Gasteiger partial charge in [0.1, 0.15) is 0 Å². The Labute approximate surface area is 160 Å². The third-order valence-corrected chi connectivity index (χ3v) is 7.78. The average Bonchev–Trinajstić information content (AvgIpc) is 3.19. The van der Waals surface area contributed by atoms with Crippen molar-refractivity contribution in [2.45, 2.75) is 0 Å². The molecule has 0 saturated heterocycles. The maximum Gasteiger partial charge on any atom is 0.0434 e. The molecule has 0 aliphatic rings. The molecule has 118 valence electrons. The van der Waals surface area contributed by atoms with Crippen LogP contribution in [0.15, 0.2) is 71.2 Å². The second-order valence-electron chi connectivity index (χ2n) is 6.32. The van der Waals surface area contributed by atoms with Gasteiger partial charge >= 0.3 is 0 Å². The quantitative estimate of drug-likeness (QED) is 0.232. The van der Waals surface area contributed by atoms with Gasteiger partial charge in [-0.1, -0.05) is 52.3 Å². The summed E-state index contributed by atoms with van der Waals surface area (Å²) in [6.07, 6.45) is 0. The minimum atomic E-state index is 1.14. The molecule has 4 aromatic carbocycles. The van der Waals surface area contributed by atoms with Crippen molar-refractivity contribution in [3.05, 3.63) is 71.2 Å². The zero-order valence-corrected chi connectivity index (χ0v) is 16.3. The predicted octanol–water partition coefficient (Wildman–Crippen LogP) is 8.34. The van der Waals surface area contributed by atoms with Gasteiger partial charge in [-0.2, -0.15) is 0 Å². The molecule has 0 atom stereocenters. The lowest BCUT2D eigenvalue weighted by atomic mass is 10.0. The van der Waals surface area contributed by atoms with Gasteiger partial charge in [0.2, 0.25) is 0 Å². The summed E-state index contributed by atoms with van der Waals surface area (Å²) in [4.78, 5) is 0. The Bertz CT molecular complexity index is 1450. The van der Waals surface area contributed by atoms with Crippen LogP contribution in [0, 0.1) is 0 Å². The second kappa shape index (κ2) is 5.04. The molecule has 0 spiro atoms. The molecule has 3 heteroatoms. The van der Waals surface area contributed by atoms with Crippen LogP contribution >= 0.6 is 38.6 Å². The molecule has 0 saturated carbocycles. The van der Waals surface area contributed by atoms with Crippen molar-refractivity contribution in [3.8, 4) is 0 Å². The molecule has 0 radical (unpaired) electrons. The molecule has 0 bridgehead atoms. The molecule has 0 fully saturated rings. The van der Waals surface area contributed by atoms with Crippen LogP contribution in [-0.4, -0.2) is 0 Å². The lowest BCUT2D eigenvalue weighted by molar-refractivity contribution is 1.78. The van der Waals surface area contributed by atoms with Gasteiger partial charge in [-0.05, 0) is 35.7 Å². The molecular formula is C22H11BrS2. The van der Waals surface area contributed by atoms with E-state index in [9.17, 15) is 0 Å². The smallest absolute Gasteiger partial charge is 0.0434 e. The lowest BCUT2D eigenvalue weighted by Crippen LogP contribution is -1.75. The number of hydrogen-bond acceptors (Lipinski definition) is 2. The SMILES string of the molecule is Brc1ccc2sc3ccc4c(ccc5c6ccccc6sc54)c3c2c1. The fraction of sp³-hybridized carbons (Fsp3) is 0. The first-order valence-electron chi connectivity index (χ1n) is 8.14. The van der Waals surface area contributed by atoms with Crippen molar-refractivity contribution in [1.29, 1.82) is 0 Å². The summed E-state index contributed by atoms with van der Waals surface area (Å²) in [5, 5.41) is 8.20. The van der Waals surface area contributed by atoms with Gasteiger partial charge in [-0.3, -0.25) is 0 Å². The van der Waals surface area contributed by atoms with Gasteiger partial charge in [-0.25, -0.2) is 0 Å². The van der Waals surface area contributed by atoms with Gasteiger partial charge < -0.3 is 0 Å². The molecule has 25 heavy (non-hydrogen) atoms. The molecule has 0 unspecified atom stereocenters. The highest BCUT2D eigenvalue weighted by molar-refractivity contribution is 9.10. The zero-order chi connectivity index (χ0) is 16.5. The van der Waals surface area contributed by atoms with Crippen molar-refractivity contribution in [2.24, 2.45) is 0 Å². The molecule has 2 aromatic heterocycles. The summed E-state index contributed by atoms with van der Waals surface area (Å²) >= 11 is 7.42. The number of thiophene rings is 2. The van der Waals surface area contributed by atoms with Crippen molar-refractivity contribution in [2.75, 3.05) is 0 Å². The number of halogens is 1. The van der Waals surface area contributed by atoms with Crippen LogP contribution in [0.3, 0.4) is 0 Å². The van der Waals surface area contributed by atoms with Crippen LogP contribution in [0.1, 0.15) is 0 Å². The Morgan fingerprint density at radius 1 is 0.560 bits per heavy atom. The fourth-order valence-corrected chi connectivity index (χ4v) is 6.53. The molecular weight excluding hydrogens is 408 g/mol. The minimum absolute atomic E-state index is 1.14. The maximum atomic E-state index is 3.64. The zero-order valence-electron chi connectivity index (χ0n) is 13.0. The van der Waals surface area contributed by atoms with E-state index in [4.69, 9.17) is 0 Å². The van der Waals surface area contributed by atoms with Crippen molar-refractivity contribution < 1.29 is 0 Å². The van der Waals surface area contributed by atoms with Crippen LogP contribution in [-0.2, 0) is 0 Å². The molecule has 0 aliphatic carbocycles.